The highest BCUT2D eigenvalue weighted by Gasteiger charge is 2.21. The minimum Gasteiger partial charge on any atom is -0.371 e. The molecule has 2 rings (SSSR count). The van der Waals surface area contributed by atoms with Gasteiger partial charge in [-0.15, -0.1) is 0 Å². The fraction of sp³-hybridized carbons (Fsp3) is 0.316. The van der Waals surface area contributed by atoms with Crippen molar-refractivity contribution < 1.29 is 18.1 Å². The molecule has 0 bridgehead atoms. The smallest absolute Gasteiger partial charge is 0.293 e. The average molecular weight is 420 g/mol. The summed E-state index contributed by atoms with van der Waals surface area (Å²) in [7, 11) is -2.60. The number of nitrogens with one attached hydrogen (secondary N) is 3. The van der Waals surface area contributed by atoms with Crippen LogP contribution in [0.1, 0.15) is 26.3 Å². The topological polar surface area (TPSA) is 130 Å². The van der Waals surface area contributed by atoms with Crippen LogP contribution in [-0.4, -0.2) is 32.8 Å². The summed E-state index contributed by atoms with van der Waals surface area (Å²) >= 11 is 0. The molecule has 0 aliphatic carbocycles. The Balaban J connectivity index is 2.09. The Bertz CT molecular complexity index is 1010. The Morgan fingerprint density at radius 2 is 1.72 bits per heavy atom. The number of benzene rings is 2. The molecule has 9 nitrogen and oxygen atoms in total. The molecule has 0 saturated heterocycles. The lowest BCUT2D eigenvalue weighted by Gasteiger charge is -2.19. The maximum absolute atomic E-state index is 12.2. The molecule has 10 heteroatoms. The van der Waals surface area contributed by atoms with Crippen LogP contribution in [0.25, 0.3) is 0 Å². The van der Waals surface area contributed by atoms with Crippen LogP contribution in [-0.2, 0) is 20.2 Å². The van der Waals surface area contributed by atoms with Crippen molar-refractivity contribution in [2.45, 2.75) is 31.1 Å². The number of nitro groups is 1. The molecule has 3 N–H and O–H groups in total. The predicted octanol–water partition coefficient (Wildman–Crippen LogP) is 2.85. The lowest BCUT2D eigenvalue weighted by Crippen LogP contribution is -2.22. The Morgan fingerprint density at radius 1 is 1.10 bits per heavy atom. The highest BCUT2D eigenvalue weighted by molar-refractivity contribution is 7.89. The lowest BCUT2D eigenvalue weighted by atomic mass is 9.87. The predicted molar refractivity (Wildman–Crippen MR) is 112 cm³/mol. The van der Waals surface area contributed by atoms with Crippen LogP contribution in [0.15, 0.2) is 47.4 Å². The average Bonchev–Trinajstić information content (AvgIpc) is 2.65. The van der Waals surface area contributed by atoms with Gasteiger partial charge in [0.05, 0.1) is 16.4 Å². The molecule has 0 unspecified atom stereocenters. The number of nitrogens with zero attached hydrogens (tertiary/aromatic N) is 1. The number of hydrogen-bond acceptors (Lipinski definition) is 6. The van der Waals surface area contributed by atoms with E-state index in [0.29, 0.717) is 5.69 Å². The summed E-state index contributed by atoms with van der Waals surface area (Å²) in [5.41, 5.74) is 1.33. The van der Waals surface area contributed by atoms with Gasteiger partial charge in [-0.25, -0.2) is 13.1 Å². The van der Waals surface area contributed by atoms with Gasteiger partial charge in [-0.1, -0.05) is 32.9 Å². The van der Waals surface area contributed by atoms with E-state index in [1.807, 2.05) is 12.1 Å². The van der Waals surface area contributed by atoms with Gasteiger partial charge in [0.1, 0.15) is 5.69 Å². The zero-order valence-corrected chi connectivity index (χ0v) is 17.5. The van der Waals surface area contributed by atoms with Crippen LogP contribution < -0.4 is 15.4 Å². The molecule has 0 fully saturated rings. The number of amides is 1. The van der Waals surface area contributed by atoms with Gasteiger partial charge in [0, 0.05) is 11.8 Å². The van der Waals surface area contributed by atoms with Gasteiger partial charge in [0.15, 0.2) is 0 Å². The van der Waals surface area contributed by atoms with E-state index in [9.17, 15) is 23.3 Å². The van der Waals surface area contributed by atoms with Crippen LogP contribution in [0.5, 0.6) is 0 Å². The second-order valence-corrected chi connectivity index (χ2v) is 9.26. The number of carbonyl (C=O) groups is 1. The third-order valence-electron chi connectivity index (χ3n) is 4.22. The molecule has 2 aromatic carbocycles. The molecule has 156 valence electrons. The minimum absolute atomic E-state index is 0.00400. The van der Waals surface area contributed by atoms with E-state index >= 15 is 0 Å². The van der Waals surface area contributed by atoms with E-state index in [1.54, 1.807) is 12.1 Å². The first-order valence-corrected chi connectivity index (χ1v) is 10.3. The third-order valence-corrected chi connectivity index (χ3v) is 5.63. The molecule has 1 amide bonds. The van der Waals surface area contributed by atoms with Crippen LogP contribution in [0.3, 0.4) is 0 Å². The van der Waals surface area contributed by atoms with E-state index < -0.39 is 26.5 Å². The lowest BCUT2D eigenvalue weighted by molar-refractivity contribution is -0.384. The molecule has 0 radical (unpaired) electrons. The highest BCUT2D eigenvalue weighted by Crippen LogP contribution is 2.27. The van der Waals surface area contributed by atoms with Crippen LogP contribution in [0.2, 0.25) is 0 Å². The molecule has 0 aliphatic heterocycles. The first kappa shape index (κ1) is 22.3. The maximum Gasteiger partial charge on any atom is 0.293 e. The Morgan fingerprint density at radius 3 is 2.24 bits per heavy atom. The van der Waals surface area contributed by atoms with Crippen molar-refractivity contribution in [3.05, 3.63) is 58.1 Å². The molecule has 29 heavy (non-hydrogen) atoms. The molecule has 0 heterocycles. The van der Waals surface area contributed by atoms with Crippen LogP contribution in [0, 0.1) is 10.1 Å². The molecular weight excluding hydrogens is 396 g/mol. The first-order valence-electron chi connectivity index (χ1n) is 8.80. The Labute approximate surface area is 169 Å². The molecule has 0 aliphatic rings. The highest BCUT2D eigenvalue weighted by atomic mass is 32.2. The van der Waals surface area contributed by atoms with Gasteiger partial charge >= 0.3 is 0 Å². The Hall–Kier alpha value is -2.98. The van der Waals surface area contributed by atoms with Crippen molar-refractivity contribution in [3.8, 4) is 0 Å². The van der Waals surface area contributed by atoms with Gasteiger partial charge in [-0.3, -0.25) is 14.9 Å². The quantitative estimate of drug-likeness (QED) is 0.466. The molecule has 2 aromatic rings. The number of hydrogen-bond donors (Lipinski definition) is 3. The van der Waals surface area contributed by atoms with Crippen molar-refractivity contribution in [1.29, 1.82) is 0 Å². The van der Waals surface area contributed by atoms with Crippen LogP contribution >= 0.6 is 0 Å². The SMILES string of the molecule is CNS(=O)(=O)c1ccc(NCC(=O)Nc2ccc(C(C)(C)C)cc2)c([N+](=O)[O-])c1. The van der Waals surface area contributed by atoms with Gasteiger partial charge in [-0.05, 0) is 42.3 Å². The standard InChI is InChI=1S/C19H24N4O5S/c1-19(2,3)13-5-7-14(8-6-13)22-18(24)12-21-16-10-9-15(29(27,28)20-4)11-17(16)23(25)26/h5-11,20-21H,12H2,1-4H3,(H,22,24). The maximum atomic E-state index is 12.2. The minimum atomic E-state index is -3.82. The summed E-state index contributed by atoms with van der Waals surface area (Å²) in [6, 6.07) is 10.9. The summed E-state index contributed by atoms with van der Waals surface area (Å²) in [6.07, 6.45) is 0. The normalized spacial score (nSPS) is 11.7. The molecular formula is C19H24N4O5S. The van der Waals surface area contributed by atoms with Gasteiger partial charge in [-0.2, -0.15) is 0 Å². The largest absolute Gasteiger partial charge is 0.371 e. The van der Waals surface area contributed by atoms with Crippen molar-refractivity contribution in [1.82, 2.24) is 4.72 Å². The molecule has 0 saturated carbocycles. The summed E-state index contributed by atoms with van der Waals surface area (Å²) < 4.78 is 25.7. The second kappa shape index (κ2) is 8.58. The molecule has 0 aromatic heterocycles. The van der Waals surface area contributed by atoms with Gasteiger partial charge < -0.3 is 10.6 Å². The van der Waals surface area contributed by atoms with E-state index in [0.717, 1.165) is 11.6 Å². The summed E-state index contributed by atoms with van der Waals surface area (Å²) in [6.45, 7) is 6.04. The fourth-order valence-electron chi connectivity index (χ4n) is 2.53. The van der Waals surface area contributed by atoms with Crippen molar-refractivity contribution in [3.63, 3.8) is 0 Å². The number of rotatable bonds is 7. The fourth-order valence-corrected chi connectivity index (χ4v) is 3.28. The molecule has 0 atom stereocenters. The summed E-state index contributed by atoms with van der Waals surface area (Å²) in [4.78, 5) is 22.5. The number of sulfonamides is 1. The van der Waals surface area contributed by atoms with E-state index in [4.69, 9.17) is 0 Å². The first-order chi connectivity index (χ1) is 13.4. The number of carbonyl (C=O) groups excluding carboxylic acids is 1. The van der Waals surface area contributed by atoms with Gasteiger partial charge in [0.2, 0.25) is 15.9 Å². The third kappa shape index (κ3) is 5.75. The van der Waals surface area contributed by atoms with Crippen molar-refractivity contribution in [2.24, 2.45) is 0 Å². The second-order valence-electron chi connectivity index (χ2n) is 7.37. The van der Waals surface area contributed by atoms with Crippen molar-refractivity contribution in [2.75, 3.05) is 24.2 Å². The Kier molecular flexibility index (Phi) is 6.60. The zero-order chi connectivity index (χ0) is 21.8. The van der Waals surface area contributed by atoms with E-state index in [-0.39, 0.29) is 22.5 Å². The van der Waals surface area contributed by atoms with Crippen LogP contribution in [0.4, 0.5) is 17.1 Å². The summed E-state index contributed by atoms with van der Waals surface area (Å²) in [5.74, 6) is -0.394. The summed E-state index contributed by atoms with van der Waals surface area (Å²) in [5, 5.41) is 16.7. The number of anilines is 2. The monoisotopic (exact) mass is 420 g/mol. The van der Waals surface area contributed by atoms with E-state index in [2.05, 4.69) is 36.1 Å². The zero-order valence-electron chi connectivity index (χ0n) is 16.6. The van der Waals surface area contributed by atoms with Crippen molar-refractivity contribution >= 4 is 33.0 Å². The number of nitro benzene ring substituents is 1. The van der Waals surface area contributed by atoms with E-state index in [1.165, 1.54) is 19.2 Å². The van der Waals surface area contributed by atoms with Gasteiger partial charge in [0.25, 0.3) is 5.69 Å². The molecule has 0 spiro atoms.